The molecule has 0 aromatic heterocycles. The van der Waals surface area contributed by atoms with E-state index in [1.165, 1.54) is 0 Å². The molecule has 1 aromatic carbocycles. The summed E-state index contributed by atoms with van der Waals surface area (Å²) in [6.45, 7) is 13.4. The van der Waals surface area contributed by atoms with E-state index in [-0.39, 0.29) is 11.9 Å². The van der Waals surface area contributed by atoms with Crippen molar-refractivity contribution >= 4 is 17.4 Å². The van der Waals surface area contributed by atoms with Crippen molar-refractivity contribution in [3.63, 3.8) is 0 Å². The van der Waals surface area contributed by atoms with Crippen molar-refractivity contribution < 1.29 is 33.8 Å². The van der Waals surface area contributed by atoms with Crippen molar-refractivity contribution in [2.24, 2.45) is 5.41 Å². The van der Waals surface area contributed by atoms with E-state index in [0.29, 0.717) is 48.9 Å². The number of carbonyl (C=O) groups excluding carboxylic acids is 2. The quantitative estimate of drug-likeness (QED) is 0.640. The van der Waals surface area contributed by atoms with Gasteiger partial charge in [0.2, 0.25) is 6.29 Å². The molecule has 2 unspecified atom stereocenters. The van der Waals surface area contributed by atoms with Gasteiger partial charge in [-0.05, 0) is 70.2 Å². The summed E-state index contributed by atoms with van der Waals surface area (Å²) in [6, 6.07) is 3.98. The van der Waals surface area contributed by atoms with Crippen LogP contribution in [0.5, 0.6) is 0 Å². The zero-order valence-electron chi connectivity index (χ0n) is 22.1. The highest BCUT2D eigenvalue weighted by molar-refractivity contribution is 6.18. The molecule has 8 nitrogen and oxygen atoms in total. The number of esters is 1. The summed E-state index contributed by atoms with van der Waals surface area (Å²) in [4.78, 5) is 39.2. The molecule has 2 fully saturated rings. The first kappa shape index (κ1) is 26.0. The number of carbonyl (C=O) groups is 2. The van der Waals surface area contributed by atoms with Crippen molar-refractivity contribution in [1.29, 1.82) is 0 Å². The molecule has 1 spiro atoms. The Morgan fingerprint density at radius 2 is 1.83 bits per heavy atom. The second kappa shape index (κ2) is 9.75. The Balaban J connectivity index is 1.89. The van der Waals surface area contributed by atoms with Gasteiger partial charge in [0.1, 0.15) is 5.57 Å². The molecule has 8 heteroatoms. The van der Waals surface area contributed by atoms with E-state index in [1.54, 1.807) is 7.11 Å². The lowest BCUT2D eigenvalue weighted by Crippen LogP contribution is -3.21. The monoisotopic (exact) mass is 487 g/mol. The Bertz CT molecular complexity index is 1030. The van der Waals surface area contributed by atoms with E-state index in [0.717, 1.165) is 35.1 Å². The van der Waals surface area contributed by atoms with E-state index in [2.05, 4.69) is 13.8 Å². The molecule has 3 aliphatic rings. The molecule has 1 aromatic rings. The average molecular weight is 488 g/mol. The number of rotatable bonds is 5. The molecule has 35 heavy (non-hydrogen) atoms. The Morgan fingerprint density at radius 3 is 2.40 bits per heavy atom. The number of nitrogens with one attached hydrogen (secondary N) is 1. The van der Waals surface area contributed by atoms with Crippen molar-refractivity contribution in [1.82, 2.24) is 5.06 Å². The van der Waals surface area contributed by atoms with E-state index in [1.807, 2.05) is 44.9 Å². The summed E-state index contributed by atoms with van der Waals surface area (Å²) in [5, 5.41) is 2.20. The second-order valence-corrected chi connectivity index (χ2v) is 10.9. The van der Waals surface area contributed by atoms with Gasteiger partial charge in [-0.15, -0.1) is 5.06 Å². The number of amides is 1. The predicted octanol–water partition coefficient (Wildman–Crippen LogP) is 2.80. The third-order valence-corrected chi connectivity index (χ3v) is 7.64. The van der Waals surface area contributed by atoms with Crippen molar-refractivity contribution in [3.05, 3.63) is 40.1 Å². The minimum absolute atomic E-state index is 0.213. The molecular weight excluding hydrogens is 448 g/mol. The zero-order valence-corrected chi connectivity index (χ0v) is 22.1. The third-order valence-electron chi connectivity index (χ3n) is 7.64. The lowest BCUT2D eigenvalue weighted by atomic mass is 9.84. The molecule has 3 aliphatic heterocycles. The van der Waals surface area contributed by atoms with Gasteiger partial charge in [-0.2, -0.15) is 9.90 Å². The fourth-order valence-corrected chi connectivity index (χ4v) is 5.09. The molecule has 0 radical (unpaired) electrons. The van der Waals surface area contributed by atoms with Crippen LogP contribution in [0.25, 0.3) is 5.57 Å². The van der Waals surface area contributed by atoms with E-state index in [9.17, 15) is 9.59 Å². The summed E-state index contributed by atoms with van der Waals surface area (Å²) in [5.74, 6) is -0.168. The average Bonchev–Trinajstić information content (AvgIpc) is 3.40. The van der Waals surface area contributed by atoms with E-state index in [4.69, 9.17) is 19.1 Å². The van der Waals surface area contributed by atoms with Crippen LogP contribution >= 0.6 is 0 Å². The van der Waals surface area contributed by atoms with Crippen LogP contribution in [0.15, 0.2) is 17.9 Å². The summed E-state index contributed by atoms with van der Waals surface area (Å²) < 4.78 is 12.0. The number of piperidine rings is 1. The lowest BCUT2D eigenvalue weighted by Gasteiger charge is -2.40. The van der Waals surface area contributed by atoms with Gasteiger partial charge in [0.15, 0.2) is 11.3 Å². The van der Waals surface area contributed by atoms with Crippen LogP contribution in [0.4, 0.5) is 0 Å². The highest BCUT2D eigenvalue weighted by Gasteiger charge is 2.63. The third kappa shape index (κ3) is 4.70. The van der Waals surface area contributed by atoms with Gasteiger partial charge in [0.25, 0.3) is 0 Å². The van der Waals surface area contributed by atoms with Crippen LogP contribution in [0.2, 0.25) is 0 Å². The maximum Gasteiger partial charge on any atom is 0.381 e. The number of hydrogen-bond acceptors (Lipinski definition) is 7. The van der Waals surface area contributed by atoms with Gasteiger partial charge in [0.05, 0.1) is 19.1 Å². The summed E-state index contributed by atoms with van der Waals surface area (Å²) in [7, 11) is 1.64. The van der Waals surface area contributed by atoms with Crippen molar-refractivity contribution in [2.75, 3.05) is 26.8 Å². The predicted molar refractivity (Wildman–Crippen MR) is 130 cm³/mol. The molecule has 3 heterocycles. The standard InChI is InChI=1S/C27H38N2O6/c1-17-10-11-20(19(3)18(17)2)22-23(34-25(31)26(4,5)6)27(12-14-28(32-7)15-13-27)29(24(22)30)35-21-9-8-16-33-21/h10-11,21H,8-9,12-16H2,1-7H3/p+1. The first-order valence-corrected chi connectivity index (χ1v) is 12.5. The molecular formula is C27H39N2O6+. The number of benzene rings is 1. The first-order chi connectivity index (χ1) is 16.5. The van der Waals surface area contributed by atoms with Crippen LogP contribution < -0.4 is 5.06 Å². The number of nitrogens with zero attached hydrogens (tertiary/aromatic N) is 1. The molecule has 0 bridgehead atoms. The smallest absolute Gasteiger partial charge is 0.381 e. The fourth-order valence-electron chi connectivity index (χ4n) is 5.09. The van der Waals surface area contributed by atoms with E-state index < -0.39 is 17.2 Å². The van der Waals surface area contributed by atoms with Gasteiger partial charge < -0.3 is 14.3 Å². The maximum atomic E-state index is 14.2. The lowest BCUT2D eigenvalue weighted by molar-refractivity contribution is -1.07. The SMILES string of the molecule is CON1CCC2(CC1)C(OC(=O)C(C)(C)C)=C(c1ccc(C)c(C)c1C)C(=O)[NH+]2OC1CCCO1. The normalized spacial score (nSPS) is 25.1. The van der Waals surface area contributed by atoms with Crippen LogP contribution in [0.3, 0.4) is 0 Å². The highest BCUT2D eigenvalue weighted by Crippen LogP contribution is 2.40. The largest absolute Gasteiger partial charge is 0.423 e. The minimum Gasteiger partial charge on any atom is -0.423 e. The Kier molecular flexibility index (Phi) is 7.23. The van der Waals surface area contributed by atoms with Gasteiger partial charge in [-0.3, -0.25) is 4.79 Å². The summed E-state index contributed by atoms with van der Waals surface area (Å²) in [5.41, 5.74) is 2.90. The molecule has 2 saturated heterocycles. The molecule has 0 aliphatic carbocycles. The van der Waals surface area contributed by atoms with Crippen LogP contribution in [0, 0.1) is 26.2 Å². The van der Waals surface area contributed by atoms with Gasteiger partial charge in [-0.25, -0.2) is 4.79 Å². The number of hydroxylamine groups is 4. The number of aryl methyl sites for hydroxylation is 1. The molecule has 1 amide bonds. The summed E-state index contributed by atoms with van der Waals surface area (Å²) >= 11 is 0. The topological polar surface area (TPSA) is 78.7 Å². The minimum atomic E-state index is -0.848. The highest BCUT2D eigenvalue weighted by atomic mass is 16.8. The van der Waals surface area contributed by atoms with E-state index >= 15 is 0 Å². The van der Waals surface area contributed by atoms with Gasteiger partial charge in [0, 0.05) is 32.4 Å². The number of quaternary nitrogens is 1. The van der Waals surface area contributed by atoms with Gasteiger partial charge in [-0.1, -0.05) is 12.1 Å². The number of hydrogen-bond donors (Lipinski definition) is 1. The van der Waals surface area contributed by atoms with Gasteiger partial charge >= 0.3 is 11.9 Å². The van der Waals surface area contributed by atoms with Crippen LogP contribution in [-0.2, 0) is 28.7 Å². The molecule has 4 rings (SSSR count). The molecule has 0 saturated carbocycles. The molecule has 2 atom stereocenters. The molecule has 192 valence electrons. The van der Waals surface area contributed by atoms with Crippen LogP contribution in [0.1, 0.15) is 68.7 Å². The van der Waals surface area contributed by atoms with Crippen molar-refractivity contribution in [2.45, 2.75) is 79.1 Å². The Labute approximate surface area is 208 Å². The maximum absolute atomic E-state index is 14.2. The number of ether oxygens (including phenoxy) is 2. The van der Waals surface area contributed by atoms with Crippen LogP contribution in [-0.4, -0.2) is 55.6 Å². The molecule has 1 N–H and O–H groups in total. The Hall–Kier alpha value is -2.10. The first-order valence-electron chi connectivity index (χ1n) is 12.5. The Morgan fingerprint density at radius 1 is 1.14 bits per heavy atom. The zero-order chi connectivity index (χ0) is 25.5. The second-order valence-electron chi connectivity index (χ2n) is 10.9. The fraction of sp³-hybridized carbons (Fsp3) is 0.630. The summed E-state index contributed by atoms with van der Waals surface area (Å²) in [6.07, 6.45) is 2.22. The van der Waals surface area contributed by atoms with Crippen molar-refractivity contribution in [3.8, 4) is 0 Å².